The number of hydrogen-bond acceptors (Lipinski definition) is 2. The number of alkyl halides is 3. The van der Waals surface area contributed by atoms with E-state index in [0.29, 0.717) is 18.7 Å². The van der Waals surface area contributed by atoms with E-state index in [4.69, 9.17) is 0 Å². The average molecular weight is 419 g/mol. The zero-order valence-electron chi connectivity index (χ0n) is 16.6. The number of fused-ring (bicyclic) bond motifs is 1. The highest BCUT2D eigenvalue weighted by molar-refractivity contribution is 5.84. The second kappa shape index (κ2) is 9.67. The van der Waals surface area contributed by atoms with Crippen molar-refractivity contribution < 1.29 is 22.7 Å². The van der Waals surface area contributed by atoms with Gasteiger partial charge in [-0.15, -0.1) is 0 Å². The Kier molecular flexibility index (Phi) is 6.99. The number of halogens is 3. The Bertz CT molecular complexity index is 981. The maximum atomic E-state index is 12.1. The lowest BCUT2D eigenvalue weighted by molar-refractivity contribution is -0.176. The predicted octanol–water partition coefficient (Wildman–Crippen LogP) is 4.60. The van der Waals surface area contributed by atoms with Gasteiger partial charge in [-0.3, -0.25) is 0 Å². The summed E-state index contributed by atoms with van der Waals surface area (Å²) in [6.07, 6.45) is -3.61. The van der Waals surface area contributed by atoms with E-state index >= 15 is 0 Å². The summed E-state index contributed by atoms with van der Waals surface area (Å²) in [5.41, 5.74) is 4.85. The van der Waals surface area contributed by atoms with E-state index in [-0.39, 0.29) is 12.6 Å². The van der Waals surface area contributed by atoms with Gasteiger partial charge in [0.15, 0.2) is 0 Å². The van der Waals surface area contributed by atoms with Crippen LogP contribution in [0.2, 0.25) is 0 Å². The van der Waals surface area contributed by atoms with Gasteiger partial charge in [-0.25, -0.2) is 4.79 Å². The SMILES string of the molecule is Cc1[nH]c2ccccc2c1CCNC(=O)NCc1ccc(COCC(F)(F)F)cc1. The van der Waals surface area contributed by atoms with Gasteiger partial charge in [0.1, 0.15) is 6.61 Å². The largest absolute Gasteiger partial charge is 0.411 e. The Labute approximate surface area is 172 Å². The molecule has 0 radical (unpaired) electrons. The minimum Gasteiger partial charge on any atom is -0.367 e. The van der Waals surface area contributed by atoms with E-state index in [2.05, 4.69) is 26.4 Å². The van der Waals surface area contributed by atoms with Crippen LogP contribution in [0, 0.1) is 6.92 Å². The Morgan fingerprint density at radius 1 is 1.03 bits per heavy atom. The van der Waals surface area contributed by atoms with Crippen molar-refractivity contribution in [1.82, 2.24) is 15.6 Å². The van der Waals surface area contributed by atoms with Gasteiger partial charge in [0.25, 0.3) is 0 Å². The average Bonchev–Trinajstić information content (AvgIpc) is 3.02. The fourth-order valence-corrected chi connectivity index (χ4v) is 3.24. The molecule has 0 atom stereocenters. The van der Waals surface area contributed by atoms with E-state index in [1.54, 1.807) is 24.3 Å². The quantitative estimate of drug-likeness (QED) is 0.500. The van der Waals surface area contributed by atoms with Gasteiger partial charge in [-0.05, 0) is 36.1 Å². The smallest absolute Gasteiger partial charge is 0.367 e. The third-order valence-corrected chi connectivity index (χ3v) is 4.70. The second-order valence-corrected chi connectivity index (χ2v) is 7.06. The van der Waals surface area contributed by atoms with Crippen LogP contribution in [0.15, 0.2) is 48.5 Å². The molecule has 0 aliphatic heterocycles. The van der Waals surface area contributed by atoms with Crippen molar-refractivity contribution in [2.24, 2.45) is 0 Å². The van der Waals surface area contributed by atoms with Crippen LogP contribution >= 0.6 is 0 Å². The van der Waals surface area contributed by atoms with Gasteiger partial charge in [0.2, 0.25) is 0 Å². The third-order valence-electron chi connectivity index (χ3n) is 4.70. The van der Waals surface area contributed by atoms with E-state index in [0.717, 1.165) is 28.6 Å². The summed E-state index contributed by atoms with van der Waals surface area (Å²) in [6, 6.07) is 14.7. The number of benzene rings is 2. The van der Waals surface area contributed by atoms with Crippen LogP contribution in [-0.2, 0) is 24.3 Å². The molecular formula is C22H24F3N3O2. The zero-order valence-corrected chi connectivity index (χ0v) is 16.6. The van der Waals surface area contributed by atoms with Crippen LogP contribution in [0.25, 0.3) is 10.9 Å². The van der Waals surface area contributed by atoms with Crippen molar-refractivity contribution in [3.05, 3.63) is 70.9 Å². The molecule has 1 aromatic heterocycles. The standard InChI is InChI=1S/C22H24F3N3O2/c1-15-18(19-4-2-3-5-20(19)28-15)10-11-26-21(29)27-12-16-6-8-17(9-7-16)13-30-14-22(23,24)25/h2-9,28H,10-14H2,1H3,(H2,26,27,29). The van der Waals surface area contributed by atoms with Crippen LogP contribution in [0.3, 0.4) is 0 Å². The summed E-state index contributed by atoms with van der Waals surface area (Å²) in [5, 5.41) is 6.78. The number of urea groups is 1. The number of para-hydroxylation sites is 1. The van der Waals surface area contributed by atoms with Gasteiger partial charge in [0, 0.05) is 29.7 Å². The molecule has 2 amide bonds. The van der Waals surface area contributed by atoms with Gasteiger partial charge < -0.3 is 20.4 Å². The van der Waals surface area contributed by atoms with E-state index in [9.17, 15) is 18.0 Å². The monoisotopic (exact) mass is 419 g/mol. The molecule has 0 spiro atoms. The number of nitrogens with one attached hydrogen (secondary N) is 3. The van der Waals surface area contributed by atoms with Gasteiger partial charge in [-0.2, -0.15) is 13.2 Å². The number of rotatable bonds is 8. The fourth-order valence-electron chi connectivity index (χ4n) is 3.24. The lowest BCUT2D eigenvalue weighted by Gasteiger charge is -2.10. The van der Waals surface area contributed by atoms with Crippen LogP contribution < -0.4 is 10.6 Å². The highest BCUT2D eigenvalue weighted by Gasteiger charge is 2.27. The van der Waals surface area contributed by atoms with Crippen molar-refractivity contribution in [1.29, 1.82) is 0 Å². The molecule has 0 unspecified atom stereocenters. The Hall–Kier alpha value is -3.00. The number of amides is 2. The molecular weight excluding hydrogens is 395 g/mol. The van der Waals surface area contributed by atoms with Gasteiger partial charge >= 0.3 is 12.2 Å². The molecule has 0 bridgehead atoms. The molecule has 0 aliphatic rings. The maximum Gasteiger partial charge on any atom is 0.411 e. The molecule has 30 heavy (non-hydrogen) atoms. The molecule has 0 aliphatic carbocycles. The number of carbonyl (C=O) groups excluding carboxylic acids is 1. The fraction of sp³-hybridized carbons (Fsp3) is 0.318. The van der Waals surface area contributed by atoms with Crippen molar-refractivity contribution >= 4 is 16.9 Å². The van der Waals surface area contributed by atoms with E-state index in [1.165, 1.54) is 5.56 Å². The first-order valence-corrected chi connectivity index (χ1v) is 9.62. The number of ether oxygens (including phenoxy) is 1. The summed E-state index contributed by atoms with van der Waals surface area (Å²) < 4.78 is 40.9. The summed E-state index contributed by atoms with van der Waals surface area (Å²) in [4.78, 5) is 15.4. The molecule has 160 valence electrons. The third kappa shape index (κ3) is 6.25. The van der Waals surface area contributed by atoms with Gasteiger partial charge in [-0.1, -0.05) is 42.5 Å². The highest BCUT2D eigenvalue weighted by Crippen LogP contribution is 2.22. The van der Waals surface area contributed by atoms with Crippen molar-refractivity contribution in [3.8, 4) is 0 Å². The highest BCUT2D eigenvalue weighted by atomic mass is 19.4. The lowest BCUT2D eigenvalue weighted by Crippen LogP contribution is -2.36. The molecule has 2 aromatic carbocycles. The maximum absolute atomic E-state index is 12.1. The number of H-pyrrole nitrogens is 1. The van der Waals surface area contributed by atoms with Crippen molar-refractivity contribution in [3.63, 3.8) is 0 Å². The molecule has 5 nitrogen and oxygen atoms in total. The topological polar surface area (TPSA) is 66.2 Å². The number of carbonyl (C=O) groups is 1. The molecule has 0 saturated carbocycles. The summed E-state index contributed by atoms with van der Waals surface area (Å²) in [5.74, 6) is 0. The summed E-state index contributed by atoms with van der Waals surface area (Å²) >= 11 is 0. The Balaban J connectivity index is 1.40. The zero-order chi connectivity index (χ0) is 21.6. The summed E-state index contributed by atoms with van der Waals surface area (Å²) in [6.45, 7) is 1.47. The number of aromatic amines is 1. The van der Waals surface area contributed by atoms with Crippen LogP contribution in [0.1, 0.15) is 22.4 Å². The first-order chi connectivity index (χ1) is 14.3. The van der Waals surface area contributed by atoms with Crippen LogP contribution in [-0.4, -0.2) is 30.3 Å². The Morgan fingerprint density at radius 2 is 1.73 bits per heavy atom. The molecule has 3 rings (SSSR count). The Morgan fingerprint density at radius 3 is 2.47 bits per heavy atom. The molecule has 1 heterocycles. The minimum absolute atomic E-state index is 0.110. The van der Waals surface area contributed by atoms with Crippen molar-refractivity contribution in [2.45, 2.75) is 32.7 Å². The molecule has 3 aromatic rings. The number of aromatic nitrogens is 1. The van der Waals surface area contributed by atoms with Crippen LogP contribution in [0.5, 0.6) is 0 Å². The normalized spacial score (nSPS) is 11.6. The molecule has 0 fully saturated rings. The molecule has 8 heteroatoms. The second-order valence-electron chi connectivity index (χ2n) is 7.06. The van der Waals surface area contributed by atoms with Gasteiger partial charge in [0.05, 0.1) is 6.61 Å². The lowest BCUT2D eigenvalue weighted by atomic mass is 10.1. The summed E-state index contributed by atoms with van der Waals surface area (Å²) in [7, 11) is 0. The molecule has 0 saturated heterocycles. The van der Waals surface area contributed by atoms with Crippen LogP contribution in [0.4, 0.5) is 18.0 Å². The van der Waals surface area contributed by atoms with E-state index in [1.807, 2.05) is 25.1 Å². The van der Waals surface area contributed by atoms with E-state index < -0.39 is 12.8 Å². The first kappa shape index (κ1) is 21.7. The number of aryl methyl sites for hydroxylation is 1. The first-order valence-electron chi connectivity index (χ1n) is 9.62. The number of hydrogen-bond donors (Lipinski definition) is 3. The predicted molar refractivity (Wildman–Crippen MR) is 109 cm³/mol. The minimum atomic E-state index is -4.33. The van der Waals surface area contributed by atoms with Crippen molar-refractivity contribution in [2.75, 3.05) is 13.2 Å². The molecule has 3 N–H and O–H groups in total.